The number of benzene rings is 1. The Kier molecular flexibility index (Phi) is 5.35. The van der Waals surface area contributed by atoms with E-state index >= 15 is 0 Å². The van der Waals surface area contributed by atoms with Gasteiger partial charge in [0.1, 0.15) is 4.99 Å². The minimum atomic E-state index is 0.227. The minimum Gasteiger partial charge on any atom is -0.389 e. The first-order valence-corrected chi connectivity index (χ1v) is 7.50. The number of amides is 1. The number of anilines is 1. The third kappa shape index (κ3) is 3.93. The fourth-order valence-corrected chi connectivity index (χ4v) is 2.64. The van der Waals surface area contributed by atoms with Crippen molar-refractivity contribution in [2.75, 3.05) is 25.0 Å². The summed E-state index contributed by atoms with van der Waals surface area (Å²) in [6.45, 7) is 2.42. The number of hydrogen-bond acceptors (Lipinski definition) is 3. The number of thiocarbonyl (C=S) groups is 1. The molecular formula is C15H21N3OS. The van der Waals surface area contributed by atoms with Gasteiger partial charge in [0.05, 0.1) is 0 Å². The average molecular weight is 291 g/mol. The second-order valence-corrected chi connectivity index (χ2v) is 5.47. The van der Waals surface area contributed by atoms with Crippen molar-refractivity contribution in [3.8, 4) is 0 Å². The molecule has 0 unspecified atom stereocenters. The second kappa shape index (κ2) is 7.24. The smallest absolute Gasteiger partial charge is 0.224 e. The highest BCUT2D eigenvalue weighted by molar-refractivity contribution is 7.80. The van der Waals surface area contributed by atoms with Crippen LogP contribution in [0.1, 0.15) is 31.2 Å². The van der Waals surface area contributed by atoms with Crippen LogP contribution in [0, 0.1) is 0 Å². The lowest BCUT2D eigenvalue weighted by Crippen LogP contribution is -2.36. The number of carbonyl (C=O) groups excluding carboxylic acids is 1. The van der Waals surface area contributed by atoms with Crippen molar-refractivity contribution in [2.24, 2.45) is 5.73 Å². The molecule has 1 aliphatic rings. The quantitative estimate of drug-likeness (QED) is 0.816. The highest BCUT2D eigenvalue weighted by Crippen LogP contribution is 2.15. The molecule has 3 N–H and O–H groups in total. The zero-order valence-electron chi connectivity index (χ0n) is 11.6. The van der Waals surface area contributed by atoms with Crippen molar-refractivity contribution < 1.29 is 4.79 Å². The number of likely N-dealkylation sites (tertiary alicyclic amines) is 1. The summed E-state index contributed by atoms with van der Waals surface area (Å²) in [5.74, 6) is 0.227. The fraction of sp³-hybridized carbons (Fsp3) is 0.467. The highest BCUT2D eigenvalue weighted by Gasteiger charge is 2.15. The molecular weight excluding hydrogens is 270 g/mol. The number of nitrogens with two attached hydrogens (primary N) is 1. The monoisotopic (exact) mass is 291 g/mol. The molecule has 1 amide bonds. The van der Waals surface area contributed by atoms with Crippen LogP contribution in [0.5, 0.6) is 0 Å². The third-order valence-corrected chi connectivity index (χ3v) is 3.78. The lowest BCUT2D eigenvalue weighted by molar-refractivity contribution is -0.131. The largest absolute Gasteiger partial charge is 0.389 e. The van der Waals surface area contributed by atoms with Gasteiger partial charge in [-0.05, 0) is 31.4 Å². The summed E-state index contributed by atoms with van der Waals surface area (Å²) in [7, 11) is 0. The first-order valence-electron chi connectivity index (χ1n) is 7.09. The van der Waals surface area contributed by atoms with E-state index in [2.05, 4.69) is 5.32 Å². The molecule has 1 aromatic rings. The molecule has 2 rings (SSSR count). The predicted octanol–water partition coefficient (Wildman–Crippen LogP) is 2.14. The molecule has 0 spiro atoms. The van der Waals surface area contributed by atoms with Crippen LogP contribution in [-0.4, -0.2) is 35.4 Å². The zero-order chi connectivity index (χ0) is 14.4. The van der Waals surface area contributed by atoms with Gasteiger partial charge in [-0.1, -0.05) is 24.4 Å². The molecule has 1 aromatic carbocycles. The van der Waals surface area contributed by atoms with Crippen LogP contribution in [0.25, 0.3) is 0 Å². The van der Waals surface area contributed by atoms with Crippen LogP contribution >= 0.6 is 12.2 Å². The van der Waals surface area contributed by atoms with Crippen molar-refractivity contribution in [1.82, 2.24) is 4.90 Å². The summed E-state index contributed by atoms with van der Waals surface area (Å²) in [5, 5.41) is 3.25. The second-order valence-electron chi connectivity index (χ2n) is 5.03. The van der Waals surface area contributed by atoms with E-state index in [-0.39, 0.29) is 5.91 Å². The first-order chi connectivity index (χ1) is 9.68. The maximum Gasteiger partial charge on any atom is 0.224 e. The number of nitrogens with zero attached hydrogens (tertiary/aromatic N) is 1. The number of rotatable bonds is 5. The summed E-state index contributed by atoms with van der Waals surface area (Å²) >= 11 is 5.02. The molecule has 0 aliphatic carbocycles. The number of hydrogen-bond donors (Lipinski definition) is 2. The Morgan fingerprint density at radius 1 is 1.25 bits per heavy atom. The lowest BCUT2D eigenvalue weighted by Gasteiger charge is -2.26. The van der Waals surface area contributed by atoms with E-state index < -0.39 is 0 Å². The van der Waals surface area contributed by atoms with Crippen molar-refractivity contribution in [3.05, 3.63) is 29.8 Å². The Balaban J connectivity index is 1.83. The minimum absolute atomic E-state index is 0.227. The fourth-order valence-electron chi connectivity index (χ4n) is 2.46. The summed E-state index contributed by atoms with van der Waals surface area (Å²) in [6, 6.07) is 7.64. The summed E-state index contributed by atoms with van der Waals surface area (Å²) in [4.78, 5) is 14.4. The normalized spacial score (nSPS) is 14.9. The van der Waals surface area contributed by atoms with E-state index in [1.54, 1.807) is 0 Å². The molecule has 0 bridgehead atoms. The number of carbonyl (C=O) groups is 1. The van der Waals surface area contributed by atoms with Gasteiger partial charge in [-0.3, -0.25) is 4.79 Å². The zero-order valence-corrected chi connectivity index (χ0v) is 12.4. The summed E-state index contributed by atoms with van der Waals surface area (Å²) < 4.78 is 0. The Labute approximate surface area is 125 Å². The standard InChI is InChI=1S/C15H21N3OS/c16-15(20)12-6-2-3-7-13(12)17-9-8-14(19)18-10-4-1-5-11-18/h2-3,6-7,17H,1,4-5,8-11H2,(H2,16,20). The maximum atomic E-state index is 12.0. The van der Waals surface area contributed by atoms with Crippen molar-refractivity contribution in [1.29, 1.82) is 0 Å². The third-order valence-electron chi connectivity index (χ3n) is 3.56. The Bertz CT molecular complexity index is 484. The molecule has 0 atom stereocenters. The van der Waals surface area contributed by atoms with Crippen molar-refractivity contribution >= 4 is 28.8 Å². The molecule has 0 aromatic heterocycles. The van der Waals surface area contributed by atoms with E-state index in [1.165, 1.54) is 6.42 Å². The van der Waals surface area contributed by atoms with Crippen LogP contribution < -0.4 is 11.1 Å². The Morgan fingerprint density at radius 3 is 2.65 bits per heavy atom. The van der Waals surface area contributed by atoms with E-state index in [0.29, 0.717) is 18.0 Å². The van der Waals surface area contributed by atoms with Crippen LogP contribution in [0.15, 0.2) is 24.3 Å². The summed E-state index contributed by atoms with van der Waals surface area (Å²) in [6.07, 6.45) is 4.00. The lowest BCUT2D eigenvalue weighted by atomic mass is 10.1. The van der Waals surface area contributed by atoms with E-state index in [9.17, 15) is 4.79 Å². The first kappa shape index (κ1) is 14.8. The van der Waals surface area contributed by atoms with Crippen molar-refractivity contribution in [2.45, 2.75) is 25.7 Å². The molecule has 1 aliphatic heterocycles. The van der Waals surface area contributed by atoms with Gasteiger partial charge in [0, 0.05) is 37.3 Å². The molecule has 1 saturated heterocycles. The highest BCUT2D eigenvalue weighted by atomic mass is 32.1. The molecule has 1 heterocycles. The number of nitrogens with one attached hydrogen (secondary N) is 1. The van der Waals surface area contributed by atoms with Gasteiger partial charge in [0.15, 0.2) is 0 Å². The SMILES string of the molecule is NC(=S)c1ccccc1NCCC(=O)N1CCCCC1. The molecule has 1 fully saturated rings. The van der Waals surface area contributed by atoms with E-state index in [4.69, 9.17) is 18.0 Å². The predicted molar refractivity (Wildman–Crippen MR) is 85.9 cm³/mol. The molecule has 5 heteroatoms. The van der Waals surface area contributed by atoms with Crippen LogP contribution in [0.4, 0.5) is 5.69 Å². The van der Waals surface area contributed by atoms with E-state index in [0.717, 1.165) is 37.2 Å². The number of piperidine rings is 1. The molecule has 20 heavy (non-hydrogen) atoms. The van der Waals surface area contributed by atoms with Crippen LogP contribution in [-0.2, 0) is 4.79 Å². The average Bonchev–Trinajstić information content (AvgIpc) is 2.48. The molecule has 108 valence electrons. The van der Waals surface area contributed by atoms with Gasteiger partial charge >= 0.3 is 0 Å². The summed E-state index contributed by atoms with van der Waals surface area (Å²) in [5.41, 5.74) is 7.40. The topological polar surface area (TPSA) is 58.4 Å². The van der Waals surface area contributed by atoms with Crippen LogP contribution in [0.2, 0.25) is 0 Å². The molecule has 4 nitrogen and oxygen atoms in total. The van der Waals surface area contributed by atoms with Gasteiger partial charge in [0.2, 0.25) is 5.91 Å². The van der Waals surface area contributed by atoms with Gasteiger partial charge in [0.25, 0.3) is 0 Å². The van der Waals surface area contributed by atoms with Crippen LogP contribution in [0.3, 0.4) is 0 Å². The van der Waals surface area contributed by atoms with Gasteiger partial charge in [-0.25, -0.2) is 0 Å². The Morgan fingerprint density at radius 2 is 1.95 bits per heavy atom. The number of para-hydroxylation sites is 1. The van der Waals surface area contributed by atoms with Gasteiger partial charge < -0.3 is 16.0 Å². The Hall–Kier alpha value is -1.62. The molecule has 0 radical (unpaired) electrons. The van der Waals surface area contributed by atoms with Crippen molar-refractivity contribution in [3.63, 3.8) is 0 Å². The van der Waals surface area contributed by atoms with E-state index in [1.807, 2.05) is 29.2 Å². The molecule has 0 saturated carbocycles. The maximum absolute atomic E-state index is 12.0. The van der Waals surface area contributed by atoms with Gasteiger partial charge in [-0.15, -0.1) is 0 Å². The van der Waals surface area contributed by atoms with Gasteiger partial charge in [-0.2, -0.15) is 0 Å².